The van der Waals surface area contributed by atoms with Crippen LogP contribution in [0.15, 0.2) is 72.8 Å². The Bertz CT molecular complexity index is 980. The third kappa shape index (κ3) is 5.69. The molecule has 0 aromatic heterocycles. The SMILES string of the molecule is COc1ccc(CCNC(=O)c2cccc(C(=O)Nc3ccc(C)cc3)c2)cc1. The van der Waals surface area contributed by atoms with Gasteiger partial charge in [0.2, 0.25) is 0 Å². The number of hydrogen-bond donors (Lipinski definition) is 2. The summed E-state index contributed by atoms with van der Waals surface area (Å²) in [6, 6.07) is 22.0. The van der Waals surface area contributed by atoms with Crippen LogP contribution >= 0.6 is 0 Å². The Labute approximate surface area is 170 Å². The van der Waals surface area contributed by atoms with Crippen molar-refractivity contribution in [2.24, 2.45) is 0 Å². The predicted octanol–water partition coefficient (Wildman–Crippen LogP) is 4.23. The highest BCUT2D eigenvalue weighted by atomic mass is 16.5. The second-order valence-electron chi connectivity index (χ2n) is 6.75. The Kier molecular flexibility index (Phi) is 6.63. The van der Waals surface area contributed by atoms with E-state index < -0.39 is 0 Å². The van der Waals surface area contributed by atoms with Gasteiger partial charge >= 0.3 is 0 Å². The zero-order valence-electron chi connectivity index (χ0n) is 16.6. The lowest BCUT2D eigenvalue weighted by molar-refractivity contribution is 0.0954. The number of carbonyl (C=O) groups is 2. The van der Waals surface area contributed by atoms with Gasteiger partial charge in [0.1, 0.15) is 5.75 Å². The molecule has 3 rings (SSSR count). The van der Waals surface area contributed by atoms with Crippen molar-refractivity contribution in [1.29, 1.82) is 0 Å². The quantitative estimate of drug-likeness (QED) is 0.637. The maximum absolute atomic E-state index is 12.5. The minimum Gasteiger partial charge on any atom is -0.497 e. The summed E-state index contributed by atoms with van der Waals surface area (Å²) in [6.07, 6.45) is 0.712. The molecule has 0 aliphatic heterocycles. The molecule has 3 aromatic rings. The van der Waals surface area contributed by atoms with Crippen molar-refractivity contribution in [3.05, 3.63) is 95.1 Å². The molecule has 0 saturated heterocycles. The van der Waals surface area contributed by atoms with Gasteiger partial charge in [0.05, 0.1) is 7.11 Å². The van der Waals surface area contributed by atoms with Gasteiger partial charge in [0.15, 0.2) is 0 Å². The maximum atomic E-state index is 12.5. The van der Waals surface area contributed by atoms with Crippen molar-refractivity contribution < 1.29 is 14.3 Å². The molecule has 0 aliphatic carbocycles. The Morgan fingerprint density at radius 1 is 0.862 bits per heavy atom. The minimum atomic E-state index is -0.248. The average Bonchev–Trinajstić information content (AvgIpc) is 2.76. The predicted molar refractivity (Wildman–Crippen MR) is 115 cm³/mol. The summed E-state index contributed by atoms with van der Waals surface area (Å²) >= 11 is 0. The lowest BCUT2D eigenvalue weighted by Gasteiger charge is -2.09. The largest absolute Gasteiger partial charge is 0.497 e. The summed E-state index contributed by atoms with van der Waals surface area (Å²) in [5, 5.41) is 5.74. The van der Waals surface area contributed by atoms with Crippen molar-refractivity contribution in [1.82, 2.24) is 5.32 Å². The zero-order valence-corrected chi connectivity index (χ0v) is 16.6. The average molecular weight is 388 g/mol. The van der Waals surface area contributed by atoms with E-state index in [-0.39, 0.29) is 11.8 Å². The number of rotatable bonds is 7. The molecule has 0 atom stereocenters. The second kappa shape index (κ2) is 9.55. The van der Waals surface area contributed by atoms with E-state index in [2.05, 4.69) is 10.6 Å². The topological polar surface area (TPSA) is 67.4 Å². The van der Waals surface area contributed by atoms with Crippen LogP contribution in [0.3, 0.4) is 0 Å². The van der Waals surface area contributed by atoms with E-state index in [1.165, 1.54) is 0 Å². The van der Waals surface area contributed by atoms with Crippen LogP contribution < -0.4 is 15.4 Å². The number of nitrogens with one attached hydrogen (secondary N) is 2. The van der Waals surface area contributed by atoms with E-state index in [1.807, 2.05) is 55.5 Å². The van der Waals surface area contributed by atoms with Crippen LogP contribution in [-0.4, -0.2) is 25.5 Å². The summed E-state index contributed by atoms with van der Waals surface area (Å²) in [4.78, 5) is 24.9. The number of ether oxygens (including phenoxy) is 1. The Morgan fingerprint density at radius 2 is 1.52 bits per heavy atom. The third-order valence-electron chi connectivity index (χ3n) is 4.55. The van der Waals surface area contributed by atoms with Crippen LogP contribution in [0.2, 0.25) is 0 Å². The van der Waals surface area contributed by atoms with E-state index in [9.17, 15) is 9.59 Å². The van der Waals surface area contributed by atoms with Gasteiger partial charge in [0, 0.05) is 23.4 Å². The van der Waals surface area contributed by atoms with Gasteiger partial charge in [-0.1, -0.05) is 35.9 Å². The smallest absolute Gasteiger partial charge is 0.255 e. The normalized spacial score (nSPS) is 10.3. The molecule has 3 aromatic carbocycles. The van der Waals surface area contributed by atoms with Crippen molar-refractivity contribution in [3.63, 3.8) is 0 Å². The first-order valence-electron chi connectivity index (χ1n) is 9.44. The summed E-state index contributed by atoms with van der Waals surface area (Å²) in [5.74, 6) is 0.351. The minimum absolute atomic E-state index is 0.205. The van der Waals surface area contributed by atoms with Crippen LogP contribution in [0.5, 0.6) is 5.75 Å². The highest BCUT2D eigenvalue weighted by Gasteiger charge is 2.11. The first-order chi connectivity index (χ1) is 14.0. The van der Waals surface area contributed by atoms with E-state index >= 15 is 0 Å². The molecular formula is C24H24N2O3. The molecule has 29 heavy (non-hydrogen) atoms. The van der Waals surface area contributed by atoms with Gasteiger partial charge in [0.25, 0.3) is 11.8 Å². The standard InChI is InChI=1S/C24H24N2O3/c1-17-6-10-21(11-7-17)26-24(28)20-5-3-4-19(16-20)23(27)25-15-14-18-8-12-22(29-2)13-9-18/h3-13,16H,14-15H2,1-2H3,(H,25,27)(H,26,28). The number of amides is 2. The molecule has 5 nitrogen and oxygen atoms in total. The fourth-order valence-electron chi connectivity index (χ4n) is 2.86. The third-order valence-corrected chi connectivity index (χ3v) is 4.55. The van der Waals surface area contributed by atoms with Crippen LogP contribution in [0, 0.1) is 6.92 Å². The van der Waals surface area contributed by atoms with Gasteiger partial charge in [-0.05, 0) is 61.4 Å². The first kappa shape index (κ1) is 20.1. The molecule has 0 aliphatic rings. The second-order valence-corrected chi connectivity index (χ2v) is 6.75. The van der Waals surface area contributed by atoms with Gasteiger partial charge in [-0.15, -0.1) is 0 Å². The highest BCUT2D eigenvalue weighted by Crippen LogP contribution is 2.13. The van der Waals surface area contributed by atoms with E-state index in [1.54, 1.807) is 31.4 Å². The molecular weight excluding hydrogens is 364 g/mol. The number of aryl methyl sites for hydroxylation is 1. The fraction of sp³-hybridized carbons (Fsp3) is 0.167. The van der Waals surface area contributed by atoms with E-state index in [0.29, 0.717) is 24.1 Å². The Hall–Kier alpha value is -3.60. The molecule has 0 bridgehead atoms. The van der Waals surface area contributed by atoms with Crippen LogP contribution in [0.25, 0.3) is 0 Å². The van der Waals surface area contributed by atoms with Crippen molar-refractivity contribution in [2.75, 3.05) is 19.0 Å². The van der Waals surface area contributed by atoms with Gasteiger partial charge in [-0.25, -0.2) is 0 Å². The summed E-state index contributed by atoms with van der Waals surface area (Å²) in [7, 11) is 1.63. The molecule has 0 saturated carbocycles. The number of benzene rings is 3. The number of methoxy groups -OCH3 is 1. The molecule has 0 unspecified atom stereocenters. The van der Waals surface area contributed by atoms with Crippen LogP contribution in [0.4, 0.5) is 5.69 Å². The molecule has 0 fully saturated rings. The lowest BCUT2D eigenvalue weighted by atomic mass is 10.1. The zero-order chi connectivity index (χ0) is 20.6. The number of hydrogen-bond acceptors (Lipinski definition) is 3. The fourth-order valence-corrected chi connectivity index (χ4v) is 2.86. The number of carbonyl (C=O) groups excluding carboxylic acids is 2. The van der Waals surface area contributed by atoms with Gasteiger partial charge < -0.3 is 15.4 Å². The molecule has 148 valence electrons. The molecule has 0 spiro atoms. The monoisotopic (exact) mass is 388 g/mol. The van der Waals surface area contributed by atoms with Gasteiger partial charge in [-0.2, -0.15) is 0 Å². The molecule has 2 amide bonds. The number of anilines is 1. The lowest BCUT2D eigenvalue weighted by Crippen LogP contribution is -2.26. The Balaban J connectivity index is 1.56. The summed E-state index contributed by atoms with van der Waals surface area (Å²) in [6.45, 7) is 2.49. The van der Waals surface area contributed by atoms with Crippen LogP contribution in [-0.2, 0) is 6.42 Å². The van der Waals surface area contributed by atoms with Crippen LogP contribution in [0.1, 0.15) is 31.8 Å². The van der Waals surface area contributed by atoms with E-state index in [4.69, 9.17) is 4.74 Å². The van der Waals surface area contributed by atoms with Gasteiger partial charge in [-0.3, -0.25) is 9.59 Å². The summed E-state index contributed by atoms with van der Waals surface area (Å²) in [5.41, 5.74) is 3.84. The van der Waals surface area contributed by atoms with Crippen molar-refractivity contribution >= 4 is 17.5 Å². The maximum Gasteiger partial charge on any atom is 0.255 e. The highest BCUT2D eigenvalue weighted by molar-refractivity contribution is 6.06. The van der Waals surface area contributed by atoms with Crippen molar-refractivity contribution in [2.45, 2.75) is 13.3 Å². The summed E-state index contributed by atoms with van der Waals surface area (Å²) < 4.78 is 5.14. The Morgan fingerprint density at radius 3 is 2.17 bits per heavy atom. The molecule has 0 radical (unpaired) electrons. The molecule has 2 N–H and O–H groups in total. The van der Waals surface area contributed by atoms with E-state index in [0.717, 1.165) is 22.6 Å². The molecule has 0 heterocycles. The first-order valence-corrected chi connectivity index (χ1v) is 9.44. The molecule has 5 heteroatoms. The van der Waals surface area contributed by atoms with Crippen molar-refractivity contribution in [3.8, 4) is 5.75 Å².